The van der Waals surface area contributed by atoms with Gasteiger partial charge in [0.2, 0.25) is 0 Å². The maximum Gasteiger partial charge on any atom is 0.0991 e. The van der Waals surface area contributed by atoms with Gasteiger partial charge >= 0.3 is 0 Å². The van der Waals surface area contributed by atoms with Gasteiger partial charge in [0.15, 0.2) is 0 Å². The van der Waals surface area contributed by atoms with Gasteiger partial charge in [0.25, 0.3) is 0 Å². The summed E-state index contributed by atoms with van der Waals surface area (Å²) in [4.78, 5) is 0. The van der Waals surface area contributed by atoms with Crippen molar-refractivity contribution in [3.63, 3.8) is 0 Å². The Kier molecular flexibility index (Phi) is 1.84. The Balaban J connectivity index is 2.13. The molecule has 12 heavy (non-hydrogen) atoms. The topological polar surface area (TPSA) is 56.7 Å². The van der Waals surface area contributed by atoms with Crippen LogP contribution in [0.5, 0.6) is 0 Å². The third kappa shape index (κ3) is 1.34. The van der Waals surface area contributed by atoms with Crippen LogP contribution >= 0.6 is 0 Å². The van der Waals surface area contributed by atoms with E-state index in [0.717, 1.165) is 23.9 Å². The fourth-order valence-electron chi connectivity index (χ4n) is 1.30. The second-order valence-electron chi connectivity index (χ2n) is 3.45. The number of nitrogens with zero attached hydrogens (tertiary/aromatic N) is 3. The van der Waals surface area contributed by atoms with Crippen molar-refractivity contribution >= 4 is 0 Å². The van der Waals surface area contributed by atoms with Crippen LogP contribution < -0.4 is 5.73 Å². The highest BCUT2D eigenvalue weighted by atomic mass is 15.4. The van der Waals surface area contributed by atoms with Gasteiger partial charge in [-0.2, -0.15) is 0 Å². The molecule has 0 amide bonds. The molecule has 2 N–H and O–H groups in total. The number of hydrogen-bond donors (Lipinski definition) is 1. The van der Waals surface area contributed by atoms with Crippen LogP contribution in [-0.4, -0.2) is 15.0 Å². The first-order valence-electron chi connectivity index (χ1n) is 4.40. The van der Waals surface area contributed by atoms with Crippen LogP contribution in [0.2, 0.25) is 0 Å². The first-order valence-corrected chi connectivity index (χ1v) is 4.40. The third-order valence-electron chi connectivity index (χ3n) is 2.40. The molecule has 1 fully saturated rings. The molecule has 0 radical (unpaired) electrons. The molecule has 1 aromatic heterocycles. The minimum atomic E-state index is 0.497. The Morgan fingerprint density at radius 1 is 1.58 bits per heavy atom. The van der Waals surface area contributed by atoms with Gasteiger partial charge < -0.3 is 5.73 Å². The Morgan fingerprint density at radius 2 is 2.33 bits per heavy atom. The second kappa shape index (κ2) is 2.86. The lowest BCUT2D eigenvalue weighted by Gasteiger charge is -2.00. The minimum absolute atomic E-state index is 0.497. The predicted octanol–water partition coefficient (Wildman–Crippen LogP) is 0.455. The molecule has 0 saturated heterocycles. The highest BCUT2D eigenvalue weighted by Crippen LogP contribution is 2.30. The van der Waals surface area contributed by atoms with E-state index in [1.807, 2.05) is 11.6 Å². The summed E-state index contributed by atoms with van der Waals surface area (Å²) < 4.78 is 1.97. The highest BCUT2D eigenvalue weighted by Gasteiger charge is 2.23. The first-order chi connectivity index (χ1) is 5.81. The molecule has 0 atom stereocenters. The SMILES string of the molecule is Cc1c(CN)nnn1CC1CC1. The molecule has 0 aliphatic heterocycles. The molecule has 0 bridgehead atoms. The van der Waals surface area contributed by atoms with Crippen molar-refractivity contribution in [2.24, 2.45) is 11.7 Å². The maximum atomic E-state index is 5.49. The fourth-order valence-corrected chi connectivity index (χ4v) is 1.30. The van der Waals surface area contributed by atoms with Gasteiger partial charge in [-0.3, -0.25) is 0 Å². The van der Waals surface area contributed by atoms with Crippen molar-refractivity contribution in [1.29, 1.82) is 0 Å². The van der Waals surface area contributed by atoms with Crippen LogP contribution in [0.25, 0.3) is 0 Å². The van der Waals surface area contributed by atoms with Crippen molar-refractivity contribution in [2.75, 3.05) is 0 Å². The Labute approximate surface area is 71.8 Å². The number of rotatable bonds is 3. The van der Waals surface area contributed by atoms with Crippen molar-refractivity contribution < 1.29 is 0 Å². The predicted molar refractivity (Wildman–Crippen MR) is 45.4 cm³/mol. The summed E-state index contributed by atoms with van der Waals surface area (Å²) in [6.07, 6.45) is 2.69. The van der Waals surface area contributed by atoms with E-state index in [9.17, 15) is 0 Å². The van der Waals surface area contributed by atoms with E-state index in [2.05, 4.69) is 10.3 Å². The fraction of sp³-hybridized carbons (Fsp3) is 0.750. The van der Waals surface area contributed by atoms with E-state index in [4.69, 9.17) is 5.73 Å². The maximum absolute atomic E-state index is 5.49. The van der Waals surface area contributed by atoms with Crippen molar-refractivity contribution in [3.8, 4) is 0 Å². The molecule has 66 valence electrons. The van der Waals surface area contributed by atoms with Crippen LogP contribution in [0.3, 0.4) is 0 Å². The summed E-state index contributed by atoms with van der Waals surface area (Å²) in [7, 11) is 0. The molecule has 0 aromatic carbocycles. The van der Waals surface area contributed by atoms with Crippen LogP contribution in [-0.2, 0) is 13.1 Å². The lowest BCUT2D eigenvalue weighted by atomic mass is 10.3. The van der Waals surface area contributed by atoms with Gasteiger partial charge in [-0.1, -0.05) is 5.21 Å². The molecule has 1 aliphatic rings. The molecule has 4 nitrogen and oxygen atoms in total. The number of hydrogen-bond acceptors (Lipinski definition) is 3. The molecule has 1 heterocycles. The minimum Gasteiger partial charge on any atom is -0.325 e. The van der Waals surface area contributed by atoms with Gasteiger partial charge in [-0.25, -0.2) is 4.68 Å². The molecule has 1 aliphatic carbocycles. The summed E-state index contributed by atoms with van der Waals surface area (Å²) in [5.74, 6) is 0.844. The van der Waals surface area contributed by atoms with Crippen molar-refractivity contribution in [2.45, 2.75) is 32.9 Å². The summed E-state index contributed by atoms with van der Waals surface area (Å²) in [5, 5.41) is 8.06. The van der Waals surface area contributed by atoms with Crippen molar-refractivity contribution in [1.82, 2.24) is 15.0 Å². The van der Waals surface area contributed by atoms with Crippen molar-refractivity contribution in [3.05, 3.63) is 11.4 Å². The molecule has 4 heteroatoms. The van der Waals surface area contributed by atoms with Gasteiger partial charge in [0.05, 0.1) is 11.4 Å². The lowest BCUT2D eigenvalue weighted by molar-refractivity contribution is 0.532. The Hall–Kier alpha value is -0.900. The highest BCUT2D eigenvalue weighted by molar-refractivity contribution is 5.07. The van der Waals surface area contributed by atoms with E-state index in [1.165, 1.54) is 12.8 Å². The third-order valence-corrected chi connectivity index (χ3v) is 2.40. The summed E-state index contributed by atoms with van der Waals surface area (Å²) >= 11 is 0. The standard InChI is InChI=1S/C8H14N4/c1-6-8(4-9)10-11-12(6)5-7-2-3-7/h7H,2-5,9H2,1H3. The van der Waals surface area contributed by atoms with Gasteiger partial charge in [0, 0.05) is 13.1 Å². The largest absolute Gasteiger partial charge is 0.325 e. The summed E-state index contributed by atoms with van der Waals surface area (Å²) in [5.41, 5.74) is 7.55. The Bertz CT molecular complexity index is 275. The Morgan fingerprint density at radius 3 is 2.83 bits per heavy atom. The van der Waals surface area contributed by atoms with E-state index in [1.54, 1.807) is 0 Å². The molecule has 0 unspecified atom stereocenters. The zero-order chi connectivity index (χ0) is 8.55. The first kappa shape index (κ1) is 7.73. The molecule has 1 saturated carbocycles. The van der Waals surface area contributed by atoms with E-state index < -0.39 is 0 Å². The zero-order valence-corrected chi connectivity index (χ0v) is 7.32. The van der Waals surface area contributed by atoms with Gasteiger partial charge in [-0.15, -0.1) is 5.10 Å². The number of nitrogens with two attached hydrogens (primary N) is 1. The molecule has 0 spiro atoms. The molecular weight excluding hydrogens is 152 g/mol. The normalized spacial score (nSPS) is 16.8. The molecular formula is C8H14N4. The van der Waals surface area contributed by atoms with Gasteiger partial charge in [0.1, 0.15) is 0 Å². The zero-order valence-electron chi connectivity index (χ0n) is 7.32. The quantitative estimate of drug-likeness (QED) is 0.709. The van der Waals surface area contributed by atoms with Crippen LogP contribution in [0.15, 0.2) is 0 Å². The second-order valence-corrected chi connectivity index (χ2v) is 3.45. The van der Waals surface area contributed by atoms with Crippen LogP contribution in [0.1, 0.15) is 24.2 Å². The van der Waals surface area contributed by atoms with Crippen LogP contribution in [0.4, 0.5) is 0 Å². The summed E-state index contributed by atoms with van der Waals surface area (Å²) in [6.45, 7) is 3.56. The summed E-state index contributed by atoms with van der Waals surface area (Å²) in [6, 6.07) is 0. The van der Waals surface area contributed by atoms with Crippen LogP contribution in [0, 0.1) is 12.8 Å². The van der Waals surface area contributed by atoms with E-state index in [-0.39, 0.29) is 0 Å². The van der Waals surface area contributed by atoms with Gasteiger partial charge in [-0.05, 0) is 25.7 Å². The van der Waals surface area contributed by atoms with E-state index >= 15 is 0 Å². The number of aromatic nitrogens is 3. The smallest absolute Gasteiger partial charge is 0.0991 e. The average molecular weight is 166 g/mol. The average Bonchev–Trinajstić information content (AvgIpc) is 2.80. The van der Waals surface area contributed by atoms with E-state index in [0.29, 0.717) is 6.54 Å². The monoisotopic (exact) mass is 166 g/mol. The lowest BCUT2D eigenvalue weighted by Crippen LogP contribution is -2.05. The molecule has 2 rings (SSSR count). The molecule has 1 aromatic rings.